The van der Waals surface area contributed by atoms with Gasteiger partial charge in [-0.1, -0.05) is 12.2 Å². The van der Waals surface area contributed by atoms with E-state index in [1.807, 2.05) is 19.9 Å². The summed E-state index contributed by atoms with van der Waals surface area (Å²) in [6.07, 6.45) is 5.33. The molecule has 2 atom stereocenters. The molecule has 2 heteroatoms. The molecule has 0 aliphatic carbocycles. The largest absolute Gasteiger partial charge is 0.356 e. The molecule has 2 rings (SSSR count). The molecule has 0 saturated carbocycles. The van der Waals surface area contributed by atoms with Crippen LogP contribution in [0.15, 0.2) is 12.2 Å². The molecular weight excluding hydrogens is 140 g/mol. The van der Waals surface area contributed by atoms with Gasteiger partial charge in [0.1, 0.15) is 5.60 Å². The Morgan fingerprint density at radius 1 is 1.55 bits per heavy atom. The zero-order valence-corrected chi connectivity index (χ0v) is 6.89. The minimum atomic E-state index is -0.510. The smallest absolute Gasteiger partial charge is 0.167 e. The standard InChI is InChI=1S/C9H12O2/c1-8-4-3-5-9(2,11-8)7(10)6-8/h3-4H,5-6H2,1-2H3/t8-,9+/m1/s1. The molecule has 0 radical (unpaired) electrons. The first-order chi connectivity index (χ1) is 5.04. The summed E-state index contributed by atoms with van der Waals surface area (Å²) >= 11 is 0. The number of carbonyl (C=O) groups excluding carboxylic acids is 1. The summed E-state index contributed by atoms with van der Waals surface area (Å²) in [5, 5.41) is 0. The van der Waals surface area contributed by atoms with Gasteiger partial charge >= 0.3 is 0 Å². The number of ketones is 1. The second-order valence-corrected chi connectivity index (χ2v) is 3.85. The molecule has 2 bridgehead atoms. The average Bonchev–Trinajstić information content (AvgIpc) is 1.99. The van der Waals surface area contributed by atoms with E-state index in [-0.39, 0.29) is 11.4 Å². The molecule has 2 aliphatic rings. The van der Waals surface area contributed by atoms with Crippen molar-refractivity contribution in [1.82, 2.24) is 0 Å². The van der Waals surface area contributed by atoms with Crippen molar-refractivity contribution in [3.8, 4) is 0 Å². The number of carbonyl (C=O) groups is 1. The molecule has 0 N–H and O–H groups in total. The molecule has 60 valence electrons. The van der Waals surface area contributed by atoms with Crippen LogP contribution in [-0.4, -0.2) is 17.0 Å². The Bertz CT molecular complexity index is 244. The van der Waals surface area contributed by atoms with Gasteiger partial charge in [-0.3, -0.25) is 4.79 Å². The molecule has 2 nitrogen and oxygen atoms in total. The van der Waals surface area contributed by atoms with Crippen LogP contribution in [0.4, 0.5) is 0 Å². The van der Waals surface area contributed by atoms with Gasteiger partial charge in [-0.05, 0) is 13.8 Å². The van der Waals surface area contributed by atoms with Crippen molar-refractivity contribution in [2.75, 3.05) is 0 Å². The van der Waals surface area contributed by atoms with E-state index in [0.717, 1.165) is 6.42 Å². The minimum Gasteiger partial charge on any atom is -0.356 e. The third kappa shape index (κ3) is 0.857. The Hall–Kier alpha value is -0.630. The van der Waals surface area contributed by atoms with E-state index in [0.29, 0.717) is 6.42 Å². The molecule has 0 aromatic heterocycles. The van der Waals surface area contributed by atoms with E-state index in [2.05, 4.69) is 6.08 Å². The molecule has 2 aliphatic heterocycles. The highest BCUT2D eigenvalue weighted by Crippen LogP contribution is 2.41. The first-order valence-corrected chi connectivity index (χ1v) is 3.95. The Kier molecular flexibility index (Phi) is 1.12. The van der Waals surface area contributed by atoms with Crippen LogP contribution in [-0.2, 0) is 9.53 Å². The second kappa shape index (κ2) is 1.75. The lowest BCUT2D eigenvalue weighted by molar-refractivity contribution is -0.134. The molecule has 2 heterocycles. The highest BCUT2D eigenvalue weighted by molar-refractivity contribution is 5.90. The molecular formula is C9H12O2. The molecule has 1 saturated heterocycles. The summed E-state index contributed by atoms with van der Waals surface area (Å²) < 4.78 is 5.65. The number of hydrogen-bond donors (Lipinski definition) is 0. The van der Waals surface area contributed by atoms with Crippen molar-refractivity contribution in [1.29, 1.82) is 0 Å². The van der Waals surface area contributed by atoms with Crippen LogP contribution in [0.25, 0.3) is 0 Å². The Labute approximate surface area is 66.2 Å². The van der Waals surface area contributed by atoms with Crippen LogP contribution in [0, 0.1) is 0 Å². The Morgan fingerprint density at radius 3 is 2.82 bits per heavy atom. The average molecular weight is 152 g/mol. The van der Waals surface area contributed by atoms with Gasteiger partial charge < -0.3 is 4.74 Å². The van der Waals surface area contributed by atoms with Gasteiger partial charge in [0.15, 0.2) is 5.78 Å². The van der Waals surface area contributed by atoms with Crippen LogP contribution in [0.2, 0.25) is 0 Å². The first kappa shape index (κ1) is 7.04. The van der Waals surface area contributed by atoms with E-state index < -0.39 is 5.60 Å². The molecule has 0 aromatic carbocycles. The van der Waals surface area contributed by atoms with Crippen LogP contribution >= 0.6 is 0 Å². The van der Waals surface area contributed by atoms with E-state index >= 15 is 0 Å². The topological polar surface area (TPSA) is 26.3 Å². The van der Waals surface area contributed by atoms with Gasteiger partial charge in [0.25, 0.3) is 0 Å². The van der Waals surface area contributed by atoms with Crippen molar-refractivity contribution in [2.24, 2.45) is 0 Å². The lowest BCUT2D eigenvalue weighted by atomic mass is 9.98. The maximum atomic E-state index is 11.4. The molecule has 0 aromatic rings. The van der Waals surface area contributed by atoms with Crippen molar-refractivity contribution < 1.29 is 9.53 Å². The number of Topliss-reactive ketones (excluding diaryl/α,β-unsaturated/α-hetero) is 1. The number of ether oxygens (including phenoxy) is 1. The van der Waals surface area contributed by atoms with Crippen molar-refractivity contribution in [3.05, 3.63) is 12.2 Å². The predicted molar refractivity (Wildman–Crippen MR) is 41.3 cm³/mol. The highest BCUT2D eigenvalue weighted by atomic mass is 16.5. The lowest BCUT2D eigenvalue weighted by Crippen LogP contribution is -2.35. The summed E-state index contributed by atoms with van der Waals surface area (Å²) in [7, 11) is 0. The zero-order chi connectivity index (χ0) is 8.11. The van der Waals surface area contributed by atoms with Gasteiger partial charge in [0.2, 0.25) is 0 Å². The fourth-order valence-corrected chi connectivity index (χ4v) is 1.89. The monoisotopic (exact) mass is 152 g/mol. The summed E-state index contributed by atoms with van der Waals surface area (Å²) in [4.78, 5) is 11.4. The van der Waals surface area contributed by atoms with Crippen molar-refractivity contribution in [2.45, 2.75) is 37.9 Å². The fraction of sp³-hybridized carbons (Fsp3) is 0.667. The maximum Gasteiger partial charge on any atom is 0.167 e. The Balaban J connectivity index is 2.43. The van der Waals surface area contributed by atoms with Gasteiger partial charge in [0.05, 0.1) is 5.60 Å². The van der Waals surface area contributed by atoms with E-state index in [1.165, 1.54) is 0 Å². The van der Waals surface area contributed by atoms with Gasteiger partial charge in [0, 0.05) is 12.8 Å². The lowest BCUT2D eigenvalue weighted by Gasteiger charge is -2.29. The van der Waals surface area contributed by atoms with Crippen LogP contribution < -0.4 is 0 Å². The summed E-state index contributed by atoms with van der Waals surface area (Å²) in [6, 6.07) is 0. The SMILES string of the molecule is C[C@]12C=CC[C@](C)(O1)C(=O)C2. The molecule has 0 unspecified atom stereocenters. The van der Waals surface area contributed by atoms with Gasteiger partial charge in [-0.25, -0.2) is 0 Å². The van der Waals surface area contributed by atoms with E-state index in [4.69, 9.17) is 4.74 Å². The molecule has 0 spiro atoms. The third-order valence-electron chi connectivity index (χ3n) is 2.54. The quantitative estimate of drug-likeness (QED) is 0.491. The summed E-state index contributed by atoms with van der Waals surface area (Å²) in [5.74, 6) is 0.241. The predicted octanol–water partition coefficient (Wildman–Crippen LogP) is 1.45. The van der Waals surface area contributed by atoms with Crippen molar-refractivity contribution in [3.63, 3.8) is 0 Å². The van der Waals surface area contributed by atoms with Crippen LogP contribution in [0.1, 0.15) is 26.7 Å². The number of fused-ring (bicyclic) bond motifs is 2. The van der Waals surface area contributed by atoms with Gasteiger partial charge in [-0.2, -0.15) is 0 Å². The maximum absolute atomic E-state index is 11.4. The zero-order valence-electron chi connectivity index (χ0n) is 6.89. The van der Waals surface area contributed by atoms with Gasteiger partial charge in [-0.15, -0.1) is 0 Å². The first-order valence-electron chi connectivity index (χ1n) is 3.95. The molecule has 1 fully saturated rings. The number of rotatable bonds is 0. The summed E-state index contributed by atoms with van der Waals surface area (Å²) in [6.45, 7) is 3.84. The second-order valence-electron chi connectivity index (χ2n) is 3.85. The van der Waals surface area contributed by atoms with E-state index in [9.17, 15) is 4.79 Å². The third-order valence-corrected chi connectivity index (χ3v) is 2.54. The molecule has 0 amide bonds. The molecule has 11 heavy (non-hydrogen) atoms. The normalized spacial score (nSPS) is 48.4. The van der Waals surface area contributed by atoms with Crippen LogP contribution in [0.3, 0.4) is 0 Å². The van der Waals surface area contributed by atoms with Crippen molar-refractivity contribution >= 4 is 5.78 Å². The Morgan fingerprint density at radius 2 is 2.27 bits per heavy atom. The highest BCUT2D eigenvalue weighted by Gasteiger charge is 2.50. The minimum absolute atomic E-state index is 0.241. The fourth-order valence-electron chi connectivity index (χ4n) is 1.89. The number of hydrogen-bond acceptors (Lipinski definition) is 2. The summed E-state index contributed by atoms with van der Waals surface area (Å²) in [5.41, 5.74) is -0.812. The van der Waals surface area contributed by atoms with E-state index in [1.54, 1.807) is 0 Å². The van der Waals surface area contributed by atoms with Crippen LogP contribution in [0.5, 0.6) is 0 Å².